The molecular weight excluding hydrogens is 480 g/mol. The average molecular weight is 515 g/mol. The number of primary amides is 1. The molecule has 38 heavy (non-hydrogen) atoms. The number of carbonyl (C=O) groups excluding carboxylic acids is 2. The number of aryl methyl sites for hydroxylation is 2. The monoisotopic (exact) mass is 514 g/mol. The fraction of sp³-hybridized carbons (Fsp3) is 0.433. The van der Waals surface area contributed by atoms with Crippen molar-refractivity contribution in [3.8, 4) is 11.1 Å². The molecule has 4 aromatic rings. The van der Waals surface area contributed by atoms with E-state index in [1.54, 1.807) is 0 Å². The van der Waals surface area contributed by atoms with E-state index in [9.17, 15) is 9.59 Å². The molecule has 2 aromatic heterocycles. The van der Waals surface area contributed by atoms with Crippen molar-refractivity contribution in [3.63, 3.8) is 0 Å². The van der Waals surface area contributed by atoms with Crippen molar-refractivity contribution in [1.29, 1.82) is 0 Å². The number of nitrogens with zero attached hydrogens (tertiary/aromatic N) is 3. The molecule has 1 aliphatic heterocycles. The Morgan fingerprint density at radius 2 is 1.79 bits per heavy atom. The number of nitrogens with two attached hydrogens (primary N) is 1. The van der Waals surface area contributed by atoms with Crippen molar-refractivity contribution < 1.29 is 18.8 Å². The molecule has 0 unspecified atom stereocenters. The SMILES string of the molecule is Cc1noc(C)c1-c1cc(C(N)=O)c2c3cc(C(=O)N4C[C@@H](C)O[C@@H](C)C4)ccc3n(CC3CCC3)c2c1. The predicted molar refractivity (Wildman–Crippen MR) is 146 cm³/mol. The molecule has 2 amide bonds. The highest BCUT2D eigenvalue weighted by Gasteiger charge is 2.28. The van der Waals surface area contributed by atoms with Crippen molar-refractivity contribution in [1.82, 2.24) is 14.6 Å². The summed E-state index contributed by atoms with van der Waals surface area (Å²) < 4.78 is 13.6. The lowest BCUT2D eigenvalue weighted by atomic mass is 9.85. The maximum atomic E-state index is 13.6. The lowest BCUT2D eigenvalue weighted by Gasteiger charge is -2.35. The molecule has 2 N–H and O–H groups in total. The van der Waals surface area contributed by atoms with E-state index in [1.165, 1.54) is 19.3 Å². The van der Waals surface area contributed by atoms with Gasteiger partial charge in [0.2, 0.25) is 5.91 Å². The van der Waals surface area contributed by atoms with E-state index >= 15 is 0 Å². The van der Waals surface area contributed by atoms with E-state index in [-0.39, 0.29) is 18.1 Å². The molecule has 1 saturated heterocycles. The second-order valence-corrected chi connectivity index (χ2v) is 11.1. The molecule has 0 radical (unpaired) electrons. The minimum Gasteiger partial charge on any atom is -0.372 e. The van der Waals surface area contributed by atoms with Crippen LogP contribution in [0.4, 0.5) is 0 Å². The summed E-state index contributed by atoms with van der Waals surface area (Å²) in [5, 5.41) is 5.79. The summed E-state index contributed by atoms with van der Waals surface area (Å²) in [4.78, 5) is 28.3. The van der Waals surface area contributed by atoms with Gasteiger partial charge in [0.05, 0.1) is 23.4 Å². The van der Waals surface area contributed by atoms with E-state index in [0.29, 0.717) is 35.9 Å². The third-order valence-electron chi connectivity index (χ3n) is 8.17. The van der Waals surface area contributed by atoms with Gasteiger partial charge in [-0.1, -0.05) is 11.6 Å². The molecule has 1 saturated carbocycles. The summed E-state index contributed by atoms with van der Waals surface area (Å²) in [6, 6.07) is 9.81. The number of carbonyl (C=O) groups is 2. The highest BCUT2D eigenvalue weighted by molar-refractivity contribution is 6.20. The van der Waals surface area contributed by atoms with Crippen LogP contribution < -0.4 is 5.73 Å². The number of benzene rings is 2. The first-order valence-corrected chi connectivity index (χ1v) is 13.5. The molecule has 1 aliphatic carbocycles. The van der Waals surface area contributed by atoms with Gasteiger partial charge >= 0.3 is 0 Å². The van der Waals surface area contributed by atoms with E-state index < -0.39 is 5.91 Å². The minimum atomic E-state index is -0.501. The zero-order valence-electron chi connectivity index (χ0n) is 22.4. The van der Waals surface area contributed by atoms with Crippen LogP contribution in [0.5, 0.6) is 0 Å². The third kappa shape index (κ3) is 4.07. The standard InChI is InChI=1S/C30H34N4O4/c1-16-13-33(14-17(2)37-16)30(36)21-8-9-25-23(10-21)28-24(29(31)35)11-22(27-18(3)32-38-19(27)4)12-26(28)34(25)15-20-6-5-7-20/h8-12,16-17,20H,5-7,13-15H2,1-4H3,(H2,31,35)/t16-,17+. The lowest BCUT2D eigenvalue weighted by Crippen LogP contribution is -2.48. The maximum absolute atomic E-state index is 13.6. The van der Waals surface area contributed by atoms with Gasteiger partial charge in [0.25, 0.3) is 5.91 Å². The second kappa shape index (κ2) is 9.27. The number of fused-ring (bicyclic) bond motifs is 3. The van der Waals surface area contributed by atoms with Crippen molar-refractivity contribution in [2.75, 3.05) is 13.1 Å². The van der Waals surface area contributed by atoms with Gasteiger partial charge in [0.15, 0.2) is 0 Å². The van der Waals surface area contributed by atoms with E-state index in [1.807, 2.05) is 56.9 Å². The molecule has 6 rings (SSSR count). The first-order valence-electron chi connectivity index (χ1n) is 13.5. The number of hydrogen-bond donors (Lipinski definition) is 1. The van der Waals surface area contributed by atoms with Gasteiger partial charge in [0, 0.05) is 52.6 Å². The topological polar surface area (TPSA) is 104 Å². The van der Waals surface area contributed by atoms with Gasteiger partial charge in [-0.25, -0.2) is 0 Å². The number of ether oxygens (including phenoxy) is 1. The molecular formula is C30H34N4O4. The molecule has 198 valence electrons. The summed E-state index contributed by atoms with van der Waals surface area (Å²) >= 11 is 0. The van der Waals surface area contributed by atoms with Gasteiger partial charge < -0.3 is 24.5 Å². The second-order valence-electron chi connectivity index (χ2n) is 11.1. The number of aromatic nitrogens is 2. The zero-order chi connectivity index (χ0) is 26.7. The summed E-state index contributed by atoms with van der Waals surface area (Å²) in [6.45, 7) is 9.71. The zero-order valence-corrected chi connectivity index (χ0v) is 22.4. The Hall–Kier alpha value is -3.65. The Bertz CT molecular complexity index is 1550. The quantitative estimate of drug-likeness (QED) is 0.394. The molecule has 3 heterocycles. The molecule has 0 spiro atoms. The fourth-order valence-corrected chi connectivity index (χ4v) is 6.25. The first kappa shape index (κ1) is 24.7. The van der Waals surface area contributed by atoms with Gasteiger partial charge in [-0.05, 0) is 82.3 Å². The molecule has 2 fully saturated rings. The number of hydrogen-bond acceptors (Lipinski definition) is 5. The summed E-state index contributed by atoms with van der Waals surface area (Å²) in [6.07, 6.45) is 3.60. The Morgan fingerprint density at radius 3 is 2.39 bits per heavy atom. The van der Waals surface area contributed by atoms with Crippen LogP contribution in [0.2, 0.25) is 0 Å². The molecule has 2 atom stereocenters. The van der Waals surface area contributed by atoms with Gasteiger partial charge in [-0.15, -0.1) is 0 Å². The number of morpholine rings is 1. The fourth-order valence-electron chi connectivity index (χ4n) is 6.25. The smallest absolute Gasteiger partial charge is 0.254 e. The molecule has 2 aliphatic rings. The third-order valence-corrected chi connectivity index (χ3v) is 8.17. The van der Waals surface area contributed by atoms with Crippen LogP contribution >= 0.6 is 0 Å². The van der Waals surface area contributed by atoms with E-state index in [0.717, 1.165) is 45.2 Å². The van der Waals surface area contributed by atoms with Crippen LogP contribution in [0.15, 0.2) is 34.9 Å². The van der Waals surface area contributed by atoms with Crippen LogP contribution in [0.25, 0.3) is 32.9 Å². The Labute approximate surface area is 221 Å². The van der Waals surface area contributed by atoms with Crippen molar-refractivity contribution in [2.24, 2.45) is 11.7 Å². The number of rotatable bonds is 5. The van der Waals surface area contributed by atoms with Crippen LogP contribution in [-0.2, 0) is 11.3 Å². The van der Waals surface area contributed by atoms with Crippen LogP contribution in [-0.4, -0.2) is 51.7 Å². The van der Waals surface area contributed by atoms with Crippen molar-refractivity contribution >= 4 is 33.6 Å². The first-order chi connectivity index (χ1) is 18.2. The Morgan fingerprint density at radius 1 is 1.05 bits per heavy atom. The van der Waals surface area contributed by atoms with E-state index in [4.69, 9.17) is 15.0 Å². The highest BCUT2D eigenvalue weighted by atomic mass is 16.5. The van der Waals surface area contributed by atoms with E-state index in [2.05, 4.69) is 15.8 Å². The van der Waals surface area contributed by atoms with Crippen LogP contribution in [0.1, 0.15) is 65.3 Å². The highest BCUT2D eigenvalue weighted by Crippen LogP contribution is 2.39. The van der Waals surface area contributed by atoms with Crippen molar-refractivity contribution in [3.05, 3.63) is 52.9 Å². The molecule has 0 bridgehead atoms. The lowest BCUT2D eigenvalue weighted by molar-refractivity contribution is -0.0586. The maximum Gasteiger partial charge on any atom is 0.254 e. The van der Waals surface area contributed by atoms with Crippen molar-refractivity contribution in [2.45, 2.75) is 65.7 Å². The molecule has 8 nitrogen and oxygen atoms in total. The summed E-state index contributed by atoms with van der Waals surface area (Å²) in [7, 11) is 0. The number of amides is 2. The summed E-state index contributed by atoms with van der Waals surface area (Å²) in [5.74, 6) is 0.757. The Balaban J connectivity index is 1.56. The van der Waals surface area contributed by atoms with Gasteiger partial charge in [0.1, 0.15) is 5.76 Å². The largest absolute Gasteiger partial charge is 0.372 e. The molecule has 8 heteroatoms. The molecule has 2 aromatic carbocycles. The van der Waals surface area contributed by atoms with Crippen LogP contribution in [0, 0.1) is 19.8 Å². The van der Waals surface area contributed by atoms with Crippen LogP contribution in [0.3, 0.4) is 0 Å². The normalized spacial score (nSPS) is 20.3. The minimum absolute atomic E-state index is 0.0139. The van der Waals surface area contributed by atoms with Gasteiger partial charge in [-0.3, -0.25) is 9.59 Å². The predicted octanol–water partition coefficient (Wildman–Crippen LogP) is 5.21. The summed E-state index contributed by atoms with van der Waals surface area (Å²) in [5.41, 5.74) is 11.5. The Kier molecular flexibility index (Phi) is 6.02. The average Bonchev–Trinajstić information content (AvgIpc) is 3.35. The van der Waals surface area contributed by atoms with Gasteiger partial charge in [-0.2, -0.15) is 0 Å².